The highest BCUT2D eigenvalue weighted by atomic mass is 19.1. The smallest absolute Gasteiger partial charge is 0.240 e. The molecular weight excluding hydrogens is 255 g/mol. The molecule has 4 heteroatoms. The van der Waals surface area contributed by atoms with E-state index in [0.717, 1.165) is 5.56 Å². The van der Waals surface area contributed by atoms with Crippen LogP contribution in [0.15, 0.2) is 24.3 Å². The SMILES string of the molecule is CCN(C(=O)[C@H](N)C(C)(C)C)C(C)c1ccc(F)cc1. The Kier molecular flexibility index (Phi) is 5.28. The van der Waals surface area contributed by atoms with Crippen LogP contribution in [0.3, 0.4) is 0 Å². The molecule has 0 bridgehead atoms. The van der Waals surface area contributed by atoms with Crippen LogP contribution in [-0.4, -0.2) is 23.4 Å². The molecule has 0 aromatic heterocycles. The number of hydrogen-bond donors (Lipinski definition) is 1. The fourth-order valence-corrected chi connectivity index (χ4v) is 2.09. The summed E-state index contributed by atoms with van der Waals surface area (Å²) in [7, 11) is 0. The Bertz CT molecular complexity index is 451. The van der Waals surface area contributed by atoms with Crippen molar-refractivity contribution in [2.45, 2.75) is 46.7 Å². The Morgan fingerprint density at radius 1 is 1.30 bits per heavy atom. The van der Waals surface area contributed by atoms with Gasteiger partial charge in [0.1, 0.15) is 5.82 Å². The van der Waals surface area contributed by atoms with E-state index in [1.54, 1.807) is 17.0 Å². The third-order valence-electron chi connectivity index (χ3n) is 3.64. The first-order chi connectivity index (χ1) is 9.18. The number of benzene rings is 1. The molecule has 3 nitrogen and oxygen atoms in total. The predicted octanol–water partition coefficient (Wildman–Crippen LogP) is 3.11. The molecule has 1 aromatic rings. The zero-order valence-electron chi connectivity index (χ0n) is 13.0. The molecule has 20 heavy (non-hydrogen) atoms. The number of hydrogen-bond acceptors (Lipinski definition) is 2. The van der Waals surface area contributed by atoms with Crippen molar-refractivity contribution in [1.29, 1.82) is 0 Å². The molecule has 1 amide bonds. The van der Waals surface area contributed by atoms with Crippen LogP contribution < -0.4 is 5.73 Å². The largest absolute Gasteiger partial charge is 0.335 e. The van der Waals surface area contributed by atoms with E-state index in [0.29, 0.717) is 6.54 Å². The van der Waals surface area contributed by atoms with Crippen molar-refractivity contribution in [2.75, 3.05) is 6.54 Å². The van der Waals surface area contributed by atoms with E-state index in [1.165, 1.54) is 12.1 Å². The number of rotatable bonds is 4. The van der Waals surface area contributed by atoms with Gasteiger partial charge in [-0.25, -0.2) is 4.39 Å². The molecule has 0 radical (unpaired) electrons. The normalized spacial score (nSPS) is 14.8. The number of amides is 1. The zero-order valence-corrected chi connectivity index (χ0v) is 13.0. The van der Waals surface area contributed by atoms with Crippen LogP contribution in [0.5, 0.6) is 0 Å². The van der Waals surface area contributed by atoms with Gasteiger partial charge in [0.25, 0.3) is 0 Å². The van der Waals surface area contributed by atoms with Crippen LogP contribution in [0.2, 0.25) is 0 Å². The lowest BCUT2D eigenvalue weighted by molar-refractivity contribution is -0.136. The van der Waals surface area contributed by atoms with Gasteiger partial charge in [0.2, 0.25) is 5.91 Å². The summed E-state index contributed by atoms with van der Waals surface area (Å²) >= 11 is 0. The van der Waals surface area contributed by atoms with Crippen molar-refractivity contribution in [1.82, 2.24) is 4.90 Å². The van der Waals surface area contributed by atoms with E-state index in [9.17, 15) is 9.18 Å². The van der Waals surface area contributed by atoms with Crippen molar-refractivity contribution in [3.63, 3.8) is 0 Å². The maximum atomic E-state index is 13.0. The summed E-state index contributed by atoms with van der Waals surface area (Å²) in [5.74, 6) is -0.349. The molecule has 2 atom stereocenters. The summed E-state index contributed by atoms with van der Waals surface area (Å²) in [6.07, 6.45) is 0. The Morgan fingerprint density at radius 3 is 2.20 bits per heavy atom. The molecule has 2 N–H and O–H groups in total. The Hall–Kier alpha value is -1.42. The van der Waals surface area contributed by atoms with E-state index in [-0.39, 0.29) is 23.2 Å². The molecule has 112 valence electrons. The lowest BCUT2D eigenvalue weighted by Gasteiger charge is -2.35. The number of likely N-dealkylation sites (N-methyl/N-ethyl adjacent to an activating group) is 1. The third kappa shape index (κ3) is 3.79. The van der Waals surface area contributed by atoms with Crippen molar-refractivity contribution < 1.29 is 9.18 Å². The molecular formula is C16H25FN2O. The van der Waals surface area contributed by atoms with Crippen molar-refractivity contribution >= 4 is 5.91 Å². The third-order valence-corrected chi connectivity index (χ3v) is 3.64. The fourth-order valence-electron chi connectivity index (χ4n) is 2.09. The quantitative estimate of drug-likeness (QED) is 0.921. The first-order valence-corrected chi connectivity index (χ1v) is 7.00. The van der Waals surface area contributed by atoms with Gasteiger partial charge in [-0.3, -0.25) is 4.79 Å². The Balaban J connectivity index is 2.95. The van der Waals surface area contributed by atoms with Crippen LogP contribution in [-0.2, 0) is 4.79 Å². The molecule has 1 aromatic carbocycles. The summed E-state index contributed by atoms with van der Waals surface area (Å²) in [6, 6.07) is 5.56. The summed E-state index contributed by atoms with van der Waals surface area (Å²) in [5.41, 5.74) is 6.68. The van der Waals surface area contributed by atoms with Crippen molar-refractivity contribution in [2.24, 2.45) is 11.1 Å². The van der Waals surface area contributed by atoms with Crippen molar-refractivity contribution in [3.8, 4) is 0 Å². The molecule has 0 aliphatic carbocycles. The predicted molar refractivity (Wildman–Crippen MR) is 79.6 cm³/mol. The van der Waals surface area contributed by atoms with Crippen LogP contribution in [0.4, 0.5) is 4.39 Å². The van der Waals surface area contributed by atoms with Gasteiger partial charge in [-0.15, -0.1) is 0 Å². The first kappa shape index (κ1) is 16.6. The van der Waals surface area contributed by atoms with E-state index in [1.807, 2.05) is 34.6 Å². The van der Waals surface area contributed by atoms with Gasteiger partial charge in [0, 0.05) is 6.54 Å². The molecule has 0 saturated carbocycles. The first-order valence-electron chi connectivity index (χ1n) is 7.00. The average molecular weight is 280 g/mol. The maximum absolute atomic E-state index is 13.0. The highest BCUT2D eigenvalue weighted by Gasteiger charge is 2.32. The van der Waals surface area contributed by atoms with Gasteiger partial charge < -0.3 is 10.6 Å². The second-order valence-corrected chi connectivity index (χ2v) is 6.20. The number of nitrogens with two attached hydrogens (primary N) is 1. The lowest BCUT2D eigenvalue weighted by Crippen LogP contribution is -2.51. The number of carbonyl (C=O) groups excluding carboxylic acids is 1. The lowest BCUT2D eigenvalue weighted by atomic mass is 9.86. The molecule has 1 rings (SSSR count). The Labute approximate surface area is 121 Å². The molecule has 1 unspecified atom stereocenters. The highest BCUT2D eigenvalue weighted by molar-refractivity contribution is 5.82. The number of nitrogens with zero attached hydrogens (tertiary/aromatic N) is 1. The van der Waals surface area contributed by atoms with Crippen molar-refractivity contribution in [3.05, 3.63) is 35.6 Å². The van der Waals surface area contributed by atoms with Crippen LogP contribution >= 0.6 is 0 Å². The molecule has 0 aliphatic heterocycles. The van der Waals surface area contributed by atoms with E-state index >= 15 is 0 Å². The zero-order chi connectivity index (χ0) is 15.5. The second-order valence-electron chi connectivity index (χ2n) is 6.20. The van der Waals surface area contributed by atoms with Gasteiger partial charge in [-0.2, -0.15) is 0 Å². The molecule has 0 aliphatic rings. The summed E-state index contributed by atoms with van der Waals surface area (Å²) < 4.78 is 13.0. The Morgan fingerprint density at radius 2 is 1.80 bits per heavy atom. The second kappa shape index (κ2) is 6.35. The van der Waals surface area contributed by atoms with Gasteiger partial charge in [0.05, 0.1) is 12.1 Å². The number of halogens is 1. The minimum atomic E-state index is -0.551. The number of carbonyl (C=O) groups is 1. The summed E-state index contributed by atoms with van der Waals surface area (Å²) in [6.45, 7) is 10.3. The van der Waals surface area contributed by atoms with Gasteiger partial charge in [0.15, 0.2) is 0 Å². The monoisotopic (exact) mass is 280 g/mol. The van der Waals surface area contributed by atoms with E-state index < -0.39 is 6.04 Å². The molecule has 0 spiro atoms. The highest BCUT2D eigenvalue weighted by Crippen LogP contribution is 2.25. The van der Waals surface area contributed by atoms with Gasteiger partial charge in [-0.05, 0) is 37.0 Å². The van der Waals surface area contributed by atoms with Gasteiger partial charge in [-0.1, -0.05) is 32.9 Å². The minimum Gasteiger partial charge on any atom is -0.335 e. The summed E-state index contributed by atoms with van der Waals surface area (Å²) in [5, 5.41) is 0. The van der Waals surface area contributed by atoms with Crippen LogP contribution in [0, 0.1) is 11.2 Å². The standard InChI is InChI=1S/C16H25FN2O/c1-6-19(15(20)14(18)16(3,4)5)11(2)12-7-9-13(17)10-8-12/h7-11,14H,6,18H2,1-5H3/t11?,14-/m0/s1. The minimum absolute atomic E-state index is 0.0724. The van der Waals surface area contributed by atoms with E-state index in [4.69, 9.17) is 5.73 Å². The average Bonchev–Trinajstić information content (AvgIpc) is 2.38. The molecule has 0 saturated heterocycles. The van der Waals surface area contributed by atoms with Gasteiger partial charge >= 0.3 is 0 Å². The summed E-state index contributed by atoms with van der Waals surface area (Å²) in [4.78, 5) is 14.3. The maximum Gasteiger partial charge on any atom is 0.240 e. The van der Waals surface area contributed by atoms with E-state index in [2.05, 4.69) is 0 Å². The fraction of sp³-hybridized carbons (Fsp3) is 0.562. The topological polar surface area (TPSA) is 46.3 Å². The molecule has 0 fully saturated rings. The molecule has 0 heterocycles. The van der Waals surface area contributed by atoms with Crippen LogP contribution in [0.1, 0.15) is 46.2 Å². The van der Waals surface area contributed by atoms with Crippen LogP contribution in [0.25, 0.3) is 0 Å².